The molecule has 0 radical (unpaired) electrons. The Morgan fingerprint density at radius 1 is 1.04 bits per heavy atom. The van der Waals surface area contributed by atoms with Crippen molar-refractivity contribution in [1.29, 1.82) is 0 Å². The van der Waals surface area contributed by atoms with E-state index < -0.39 is 0 Å². The van der Waals surface area contributed by atoms with Crippen LogP contribution in [0.5, 0.6) is 5.75 Å². The molecule has 0 atom stereocenters. The molecule has 0 bridgehead atoms. The molecule has 0 amide bonds. The van der Waals surface area contributed by atoms with Gasteiger partial charge in [-0.2, -0.15) is 0 Å². The zero-order valence-corrected chi connectivity index (χ0v) is 17.1. The fraction of sp³-hybridized carbons (Fsp3) is 0.435. The van der Waals surface area contributed by atoms with Gasteiger partial charge in [0.2, 0.25) is 0 Å². The van der Waals surface area contributed by atoms with E-state index in [1.54, 1.807) is 7.11 Å². The Hall–Kier alpha value is -2.53. The van der Waals surface area contributed by atoms with Crippen molar-refractivity contribution in [3.05, 3.63) is 65.2 Å². The van der Waals surface area contributed by atoms with Gasteiger partial charge in [-0.25, -0.2) is 0 Å². The van der Waals surface area contributed by atoms with Crippen LogP contribution in [0, 0.1) is 0 Å². The fourth-order valence-electron chi connectivity index (χ4n) is 3.59. The van der Waals surface area contributed by atoms with Gasteiger partial charge in [0.1, 0.15) is 5.75 Å². The molecule has 1 aliphatic heterocycles. The van der Waals surface area contributed by atoms with Crippen molar-refractivity contribution in [2.24, 2.45) is 4.99 Å². The highest BCUT2D eigenvalue weighted by molar-refractivity contribution is 5.79. The number of hydrogen-bond donors (Lipinski definition) is 2. The minimum absolute atomic E-state index is 0.856. The summed E-state index contributed by atoms with van der Waals surface area (Å²) in [6, 6.07) is 17.0. The Bertz CT molecular complexity index is 757. The van der Waals surface area contributed by atoms with E-state index in [9.17, 15) is 0 Å². The summed E-state index contributed by atoms with van der Waals surface area (Å²) in [5.74, 6) is 1.77. The van der Waals surface area contributed by atoms with E-state index >= 15 is 0 Å². The summed E-state index contributed by atoms with van der Waals surface area (Å²) in [5.41, 5.74) is 4.28. The molecular weight excluding hydrogens is 348 g/mol. The van der Waals surface area contributed by atoms with Crippen molar-refractivity contribution in [1.82, 2.24) is 15.5 Å². The van der Waals surface area contributed by atoms with Crippen molar-refractivity contribution in [2.45, 2.75) is 25.8 Å². The maximum atomic E-state index is 5.20. The Kier molecular flexibility index (Phi) is 7.73. The summed E-state index contributed by atoms with van der Waals surface area (Å²) in [7, 11) is 3.51. The van der Waals surface area contributed by atoms with Gasteiger partial charge in [-0.3, -0.25) is 9.89 Å². The minimum Gasteiger partial charge on any atom is -0.497 e. The van der Waals surface area contributed by atoms with E-state index in [1.807, 2.05) is 19.2 Å². The van der Waals surface area contributed by atoms with Crippen molar-refractivity contribution in [3.8, 4) is 5.75 Å². The third-order valence-corrected chi connectivity index (χ3v) is 5.24. The lowest BCUT2D eigenvalue weighted by Crippen LogP contribution is -2.40. The molecule has 150 valence electrons. The molecule has 0 spiro atoms. The molecule has 0 unspecified atom stereocenters. The highest BCUT2D eigenvalue weighted by atomic mass is 16.5. The number of fused-ring (bicyclic) bond motifs is 1. The molecule has 2 N–H and O–H groups in total. The van der Waals surface area contributed by atoms with Gasteiger partial charge < -0.3 is 15.4 Å². The molecule has 0 saturated carbocycles. The SMILES string of the molecule is CN=C(NCCCN1CCc2ccccc2C1)NCCc1ccc(OC)cc1. The molecule has 0 saturated heterocycles. The number of aliphatic imine (C=N–C) groups is 1. The topological polar surface area (TPSA) is 48.9 Å². The van der Waals surface area contributed by atoms with Crippen molar-refractivity contribution in [2.75, 3.05) is 40.3 Å². The van der Waals surface area contributed by atoms with Gasteiger partial charge in [0.05, 0.1) is 7.11 Å². The Morgan fingerprint density at radius 2 is 1.79 bits per heavy atom. The molecule has 0 aliphatic carbocycles. The molecule has 0 fully saturated rings. The smallest absolute Gasteiger partial charge is 0.190 e. The summed E-state index contributed by atoms with van der Waals surface area (Å²) < 4.78 is 5.20. The molecule has 5 nitrogen and oxygen atoms in total. The first-order chi connectivity index (χ1) is 13.8. The molecule has 1 heterocycles. The molecule has 3 rings (SSSR count). The number of guanidine groups is 1. The molecule has 2 aromatic carbocycles. The second-order valence-electron chi connectivity index (χ2n) is 7.17. The van der Waals surface area contributed by atoms with Crippen LogP contribution in [0.2, 0.25) is 0 Å². The summed E-state index contributed by atoms with van der Waals surface area (Å²) in [4.78, 5) is 6.87. The van der Waals surface area contributed by atoms with Crippen LogP contribution in [-0.4, -0.2) is 51.2 Å². The number of nitrogens with one attached hydrogen (secondary N) is 2. The van der Waals surface area contributed by atoms with Gasteiger partial charge in [0.25, 0.3) is 0 Å². The molecule has 2 aromatic rings. The van der Waals surface area contributed by atoms with Gasteiger partial charge >= 0.3 is 0 Å². The van der Waals surface area contributed by atoms with Gasteiger partial charge in [-0.05, 0) is 48.1 Å². The lowest BCUT2D eigenvalue weighted by atomic mass is 10.00. The number of rotatable bonds is 8. The molecular formula is C23H32N4O. The normalized spacial score (nSPS) is 14.4. The summed E-state index contributed by atoms with van der Waals surface area (Å²) in [5, 5.41) is 6.82. The zero-order valence-electron chi connectivity index (χ0n) is 17.1. The fourth-order valence-corrected chi connectivity index (χ4v) is 3.59. The van der Waals surface area contributed by atoms with Crippen LogP contribution in [0.25, 0.3) is 0 Å². The zero-order chi connectivity index (χ0) is 19.6. The highest BCUT2D eigenvalue weighted by Crippen LogP contribution is 2.18. The van der Waals surface area contributed by atoms with E-state index in [0.717, 1.165) is 63.7 Å². The largest absolute Gasteiger partial charge is 0.497 e. The van der Waals surface area contributed by atoms with E-state index in [0.29, 0.717) is 0 Å². The third-order valence-electron chi connectivity index (χ3n) is 5.24. The first-order valence-corrected chi connectivity index (χ1v) is 10.1. The number of benzene rings is 2. The average Bonchev–Trinajstić information content (AvgIpc) is 2.75. The van der Waals surface area contributed by atoms with Crippen molar-refractivity contribution >= 4 is 5.96 Å². The Balaban J connectivity index is 1.31. The summed E-state index contributed by atoms with van der Waals surface area (Å²) >= 11 is 0. The minimum atomic E-state index is 0.856. The average molecular weight is 381 g/mol. The predicted molar refractivity (Wildman–Crippen MR) is 116 cm³/mol. The first-order valence-electron chi connectivity index (χ1n) is 10.1. The van der Waals surface area contributed by atoms with Crippen LogP contribution in [-0.2, 0) is 19.4 Å². The monoisotopic (exact) mass is 380 g/mol. The van der Waals surface area contributed by atoms with Crippen LogP contribution in [0.15, 0.2) is 53.5 Å². The second kappa shape index (κ2) is 10.7. The first kappa shape index (κ1) is 20.2. The number of nitrogens with zero attached hydrogens (tertiary/aromatic N) is 2. The van der Waals surface area contributed by atoms with Crippen molar-refractivity contribution < 1.29 is 4.74 Å². The van der Waals surface area contributed by atoms with Crippen LogP contribution in [0.1, 0.15) is 23.1 Å². The molecule has 1 aliphatic rings. The number of hydrogen-bond acceptors (Lipinski definition) is 3. The quantitative estimate of drug-likeness (QED) is 0.420. The van der Waals surface area contributed by atoms with Crippen LogP contribution in [0.3, 0.4) is 0 Å². The maximum absolute atomic E-state index is 5.20. The summed E-state index contributed by atoms with van der Waals surface area (Å²) in [6.45, 7) is 5.14. The standard InChI is InChI=1S/C23H32N4O/c1-24-23(26-15-12-19-8-10-22(28-2)11-9-19)25-14-5-16-27-17-13-20-6-3-4-7-21(20)18-27/h3-4,6-11H,5,12-18H2,1-2H3,(H2,24,25,26). The highest BCUT2D eigenvalue weighted by Gasteiger charge is 2.14. The predicted octanol–water partition coefficient (Wildman–Crippen LogP) is 2.85. The van der Waals surface area contributed by atoms with E-state index in [2.05, 4.69) is 56.9 Å². The lowest BCUT2D eigenvalue weighted by Gasteiger charge is -2.28. The second-order valence-corrected chi connectivity index (χ2v) is 7.17. The number of ether oxygens (including phenoxy) is 1. The van der Waals surface area contributed by atoms with Crippen LogP contribution in [0.4, 0.5) is 0 Å². The Morgan fingerprint density at radius 3 is 2.54 bits per heavy atom. The molecule has 5 heteroatoms. The Labute approximate surface area is 168 Å². The van der Waals surface area contributed by atoms with Crippen LogP contribution >= 0.6 is 0 Å². The summed E-state index contributed by atoms with van der Waals surface area (Å²) in [6.07, 6.45) is 3.23. The molecule has 28 heavy (non-hydrogen) atoms. The number of methoxy groups -OCH3 is 1. The third kappa shape index (κ3) is 5.99. The van der Waals surface area contributed by atoms with E-state index in [-0.39, 0.29) is 0 Å². The lowest BCUT2D eigenvalue weighted by molar-refractivity contribution is 0.251. The van der Waals surface area contributed by atoms with Gasteiger partial charge in [-0.1, -0.05) is 36.4 Å². The van der Waals surface area contributed by atoms with E-state index in [1.165, 1.54) is 16.7 Å². The molecule has 0 aromatic heterocycles. The van der Waals surface area contributed by atoms with Gasteiger partial charge in [-0.15, -0.1) is 0 Å². The van der Waals surface area contributed by atoms with Crippen LogP contribution < -0.4 is 15.4 Å². The van der Waals surface area contributed by atoms with E-state index in [4.69, 9.17) is 4.74 Å². The van der Waals surface area contributed by atoms with Gasteiger partial charge in [0.15, 0.2) is 5.96 Å². The van der Waals surface area contributed by atoms with Crippen molar-refractivity contribution in [3.63, 3.8) is 0 Å². The maximum Gasteiger partial charge on any atom is 0.190 e. The van der Waals surface area contributed by atoms with Gasteiger partial charge in [0, 0.05) is 39.8 Å².